The Labute approximate surface area is 94.9 Å². The van der Waals surface area contributed by atoms with E-state index in [9.17, 15) is 0 Å². The van der Waals surface area contributed by atoms with Gasteiger partial charge in [-0.15, -0.1) is 11.8 Å². The smallest absolute Gasteiger partial charge is 0.105 e. The van der Waals surface area contributed by atoms with Crippen molar-refractivity contribution in [3.63, 3.8) is 0 Å². The van der Waals surface area contributed by atoms with Crippen LogP contribution in [0.5, 0.6) is 0 Å². The summed E-state index contributed by atoms with van der Waals surface area (Å²) in [5, 5.41) is 12.7. The van der Waals surface area contributed by atoms with Crippen LogP contribution in [-0.2, 0) is 0 Å². The quantitative estimate of drug-likeness (QED) is 0.789. The Morgan fingerprint density at radius 2 is 2.27 bits per heavy atom. The van der Waals surface area contributed by atoms with Gasteiger partial charge in [0.1, 0.15) is 6.04 Å². The van der Waals surface area contributed by atoms with Crippen molar-refractivity contribution in [3.05, 3.63) is 23.4 Å². The first kappa shape index (κ1) is 12.0. The van der Waals surface area contributed by atoms with Gasteiger partial charge in [-0.3, -0.25) is 0 Å². The molecule has 0 saturated carbocycles. The van der Waals surface area contributed by atoms with Crippen molar-refractivity contribution in [2.75, 3.05) is 12.8 Å². The molecule has 0 radical (unpaired) electrons. The minimum Gasteiger partial charge on any atom is -0.304 e. The molecule has 0 spiro atoms. The van der Waals surface area contributed by atoms with Gasteiger partial charge in [-0.1, -0.05) is 0 Å². The second-order valence-corrected chi connectivity index (χ2v) is 4.45. The number of aromatic nitrogens is 1. The number of nitrogens with zero attached hydrogens (tertiary/aromatic N) is 2. The van der Waals surface area contributed by atoms with Crippen molar-refractivity contribution in [1.82, 2.24) is 10.3 Å². The molecule has 3 nitrogen and oxygen atoms in total. The van der Waals surface area contributed by atoms with E-state index in [1.54, 1.807) is 18.8 Å². The lowest BCUT2D eigenvalue weighted by Gasteiger charge is -2.07. The van der Waals surface area contributed by atoms with Crippen molar-refractivity contribution < 1.29 is 0 Å². The number of aryl methyl sites for hydroxylation is 2. The van der Waals surface area contributed by atoms with Crippen LogP contribution in [0.25, 0.3) is 0 Å². The van der Waals surface area contributed by atoms with Crippen molar-refractivity contribution in [3.8, 4) is 6.07 Å². The summed E-state index contributed by atoms with van der Waals surface area (Å²) in [5.41, 5.74) is 2.23. The van der Waals surface area contributed by atoms with Crippen LogP contribution in [-0.4, -0.2) is 23.8 Å². The molecular weight excluding hydrogens is 206 g/mol. The Morgan fingerprint density at radius 3 is 2.80 bits per heavy atom. The third kappa shape index (κ3) is 3.90. The molecule has 0 aliphatic rings. The van der Waals surface area contributed by atoms with Crippen molar-refractivity contribution in [1.29, 1.82) is 5.26 Å². The fourth-order valence-electron chi connectivity index (χ4n) is 1.23. The van der Waals surface area contributed by atoms with Gasteiger partial charge >= 0.3 is 0 Å². The molecule has 1 heterocycles. The van der Waals surface area contributed by atoms with Crippen LogP contribution in [0.1, 0.15) is 11.3 Å². The third-order valence-electron chi connectivity index (χ3n) is 1.98. The molecule has 0 bridgehead atoms. The fraction of sp³-hybridized carbons (Fsp3) is 0.455. The zero-order valence-corrected chi connectivity index (χ0v) is 10.1. The van der Waals surface area contributed by atoms with Crippen LogP contribution in [0, 0.1) is 25.2 Å². The highest BCUT2D eigenvalue weighted by molar-refractivity contribution is 7.99. The maximum Gasteiger partial charge on any atom is 0.105 e. The van der Waals surface area contributed by atoms with Crippen LogP contribution < -0.4 is 5.32 Å². The molecule has 1 unspecified atom stereocenters. The summed E-state index contributed by atoms with van der Waals surface area (Å²) in [4.78, 5) is 4.40. The molecule has 0 aliphatic heterocycles. The monoisotopic (exact) mass is 221 g/mol. The van der Waals surface area contributed by atoms with Gasteiger partial charge in [0.2, 0.25) is 0 Å². The summed E-state index contributed by atoms with van der Waals surface area (Å²) < 4.78 is 0. The van der Waals surface area contributed by atoms with Crippen LogP contribution >= 0.6 is 11.8 Å². The van der Waals surface area contributed by atoms with Crippen molar-refractivity contribution in [2.24, 2.45) is 0 Å². The van der Waals surface area contributed by atoms with Gasteiger partial charge in [-0.25, -0.2) is 4.98 Å². The Hall–Kier alpha value is -1.05. The lowest BCUT2D eigenvalue weighted by atomic mass is 10.3. The Morgan fingerprint density at radius 1 is 1.53 bits per heavy atom. The number of pyridine rings is 1. The summed E-state index contributed by atoms with van der Waals surface area (Å²) >= 11 is 1.61. The molecule has 0 amide bonds. The molecule has 1 N–H and O–H groups in total. The Balaban J connectivity index is 2.62. The zero-order chi connectivity index (χ0) is 11.3. The maximum atomic E-state index is 8.77. The van der Waals surface area contributed by atoms with E-state index in [-0.39, 0.29) is 6.04 Å². The van der Waals surface area contributed by atoms with E-state index in [4.69, 9.17) is 5.26 Å². The largest absolute Gasteiger partial charge is 0.304 e. The van der Waals surface area contributed by atoms with Crippen LogP contribution in [0.4, 0.5) is 0 Å². The van der Waals surface area contributed by atoms with Gasteiger partial charge in [0.05, 0.1) is 11.1 Å². The second kappa shape index (κ2) is 5.74. The first-order chi connectivity index (χ1) is 7.15. The van der Waals surface area contributed by atoms with Crippen LogP contribution in [0.15, 0.2) is 17.2 Å². The summed E-state index contributed by atoms with van der Waals surface area (Å²) in [6.45, 7) is 4.04. The minimum absolute atomic E-state index is 0.113. The molecular formula is C11H15N3S. The summed E-state index contributed by atoms with van der Waals surface area (Å²) in [5.74, 6) is 0.725. The Bertz CT molecular complexity index is 350. The minimum atomic E-state index is -0.113. The molecule has 1 aromatic heterocycles. The number of hydrogen-bond donors (Lipinski definition) is 1. The van der Waals surface area contributed by atoms with E-state index >= 15 is 0 Å². The van der Waals surface area contributed by atoms with E-state index in [0.717, 1.165) is 16.5 Å². The van der Waals surface area contributed by atoms with E-state index in [0.29, 0.717) is 0 Å². The SMILES string of the molecule is CNC(C#N)CSc1cc(C)cc(C)n1. The molecule has 80 valence electrons. The zero-order valence-electron chi connectivity index (χ0n) is 9.24. The number of rotatable bonds is 4. The van der Waals surface area contributed by atoms with Crippen LogP contribution in [0.3, 0.4) is 0 Å². The summed E-state index contributed by atoms with van der Waals surface area (Å²) in [6.07, 6.45) is 0. The van der Waals surface area contributed by atoms with E-state index < -0.39 is 0 Å². The summed E-state index contributed by atoms with van der Waals surface area (Å²) in [7, 11) is 1.80. The van der Waals surface area contributed by atoms with Gasteiger partial charge in [0.25, 0.3) is 0 Å². The van der Waals surface area contributed by atoms with Gasteiger partial charge < -0.3 is 5.32 Å². The number of hydrogen-bond acceptors (Lipinski definition) is 4. The molecule has 1 rings (SSSR count). The van der Waals surface area contributed by atoms with Crippen LogP contribution in [0.2, 0.25) is 0 Å². The maximum absolute atomic E-state index is 8.77. The predicted molar refractivity (Wildman–Crippen MR) is 62.9 cm³/mol. The molecule has 0 aliphatic carbocycles. The Kier molecular flexibility index (Phi) is 4.60. The average Bonchev–Trinajstić information content (AvgIpc) is 2.18. The van der Waals surface area contributed by atoms with Crippen molar-refractivity contribution in [2.45, 2.75) is 24.9 Å². The number of thioether (sulfide) groups is 1. The molecule has 0 aromatic carbocycles. The molecule has 1 atom stereocenters. The van der Waals surface area contributed by atoms with Gasteiger partial charge in [0, 0.05) is 11.4 Å². The van der Waals surface area contributed by atoms with E-state index in [2.05, 4.69) is 23.3 Å². The van der Waals surface area contributed by atoms with Gasteiger partial charge in [-0.2, -0.15) is 5.26 Å². The molecule has 0 fully saturated rings. The first-order valence-electron chi connectivity index (χ1n) is 4.80. The second-order valence-electron chi connectivity index (χ2n) is 3.41. The number of nitriles is 1. The molecule has 4 heteroatoms. The topological polar surface area (TPSA) is 48.7 Å². The highest BCUT2D eigenvalue weighted by Crippen LogP contribution is 2.18. The number of nitrogens with one attached hydrogen (secondary N) is 1. The highest BCUT2D eigenvalue weighted by atomic mass is 32.2. The summed E-state index contributed by atoms with van der Waals surface area (Å²) in [6, 6.07) is 6.17. The fourth-order valence-corrected chi connectivity index (χ4v) is 2.29. The lowest BCUT2D eigenvalue weighted by molar-refractivity contribution is 0.749. The first-order valence-corrected chi connectivity index (χ1v) is 5.79. The van der Waals surface area contributed by atoms with Gasteiger partial charge in [-0.05, 0) is 38.6 Å². The predicted octanol–water partition coefficient (Wildman–Crippen LogP) is 1.90. The van der Waals surface area contributed by atoms with E-state index in [1.165, 1.54) is 5.56 Å². The van der Waals surface area contributed by atoms with E-state index in [1.807, 2.05) is 19.1 Å². The standard InChI is InChI=1S/C11H15N3S/c1-8-4-9(2)14-11(5-8)15-7-10(6-12)13-3/h4-5,10,13H,7H2,1-3H3. The third-order valence-corrected chi connectivity index (χ3v) is 2.98. The lowest BCUT2D eigenvalue weighted by Crippen LogP contribution is -2.25. The highest BCUT2D eigenvalue weighted by Gasteiger charge is 2.05. The van der Waals surface area contributed by atoms with Gasteiger partial charge in [0.15, 0.2) is 0 Å². The molecule has 15 heavy (non-hydrogen) atoms. The molecule has 0 saturated heterocycles. The average molecular weight is 221 g/mol. The molecule has 1 aromatic rings. The normalized spacial score (nSPS) is 12.1. The van der Waals surface area contributed by atoms with Crippen molar-refractivity contribution >= 4 is 11.8 Å².